The van der Waals surface area contributed by atoms with Crippen LogP contribution < -0.4 is 21.3 Å². The largest absolute Gasteiger partial charge is 0.481 e. The van der Waals surface area contributed by atoms with Gasteiger partial charge in [-0.3, -0.25) is 24.0 Å². The van der Waals surface area contributed by atoms with Gasteiger partial charge in [-0.1, -0.05) is 52.0 Å². The van der Waals surface area contributed by atoms with Crippen LogP contribution in [0, 0.1) is 11.8 Å². The fourth-order valence-corrected chi connectivity index (χ4v) is 4.18. The highest BCUT2D eigenvalue weighted by molar-refractivity contribution is 7.80. The molecule has 13 nitrogen and oxygen atoms in total. The van der Waals surface area contributed by atoms with Crippen LogP contribution in [0.4, 0.5) is 4.79 Å². The summed E-state index contributed by atoms with van der Waals surface area (Å²) in [6.07, 6.45) is -0.605. The maximum Gasteiger partial charge on any atom is 0.407 e. The summed E-state index contributed by atoms with van der Waals surface area (Å²) in [4.78, 5) is 73.9. The molecule has 14 heteroatoms. The zero-order valence-corrected chi connectivity index (χ0v) is 26.9. The van der Waals surface area contributed by atoms with E-state index in [9.17, 15) is 28.8 Å². The van der Waals surface area contributed by atoms with Crippen LogP contribution in [0.3, 0.4) is 0 Å². The summed E-state index contributed by atoms with van der Waals surface area (Å²) >= 11 is 4.21. The molecule has 3 atom stereocenters. The van der Waals surface area contributed by atoms with E-state index < -0.39 is 54.3 Å². The van der Waals surface area contributed by atoms with Crippen molar-refractivity contribution in [3.63, 3.8) is 0 Å². The van der Waals surface area contributed by atoms with E-state index in [2.05, 4.69) is 38.6 Å². The first kappa shape index (κ1) is 38.2. The van der Waals surface area contributed by atoms with Crippen molar-refractivity contribution in [2.45, 2.75) is 77.9 Å². The van der Waals surface area contributed by atoms with Crippen LogP contribution in [-0.2, 0) is 46.3 Å². The van der Waals surface area contributed by atoms with Gasteiger partial charge in [-0.25, -0.2) is 4.79 Å². The van der Waals surface area contributed by atoms with Crippen LogP contribution in [0.15, 0.2) is 24.3 Å². The van der Waals surface area contributed by atoms with Gasteiger partial charge in [-0.15, -0.1) is 0 Å². The van der Waals surface area contributed by atoms with Crippen molar-refractivity contribution in [2.75, 3.05) is 26.0 Å². The van der Waals surface area contributed by atoms with Gasteiger partial charge in [0.05, 0.1) is 20.1 Å². The van der Waals surface area contributed by atoms with E-state index in [-0.39, 0.29) is 56.0 Å². The molecule has 5 N–H and O–H groups in total. The number of ether oxygens (including phenoxy) is 2. The van der Waals surface area contributed by atoms with Crippen molar-refractivity contribution < 1.29 is 43.3 Å². The van der Waals surface area contributed by atoms with E-state index in [0.29, 0.717) is 6.42 Å². The predicted molar refractivity (Wildman–Crippen MR) is 166 cm³/mol. The number of nitrogens with one attached hydrogen (secondary N) is 4. The molecule has 0 radical (unpaired) electrons. The smallest absolute Gasteiger partial charge is 0.407 e. The average Bonchev–Trinajstić information content (AvgIpc) is 2.96. The van der Waals surface area contributed by atoms with Gasteiger partial charge < -0.3 is 35.8 Å². The van der Waals surface area contributed by atoms with Crippen LogP contribution in [0.1, 0.15) is 58.1 Å². The molecule has 1 rings (SSSR count). The summed E-state index contributed by atoms with van der Waals surface area (Å²) in [5, 5.41) is 19.5. The normalized spacial score (nSPS) is 12.9. The lowest BCUT2D eigenvalue weighted by atomic mass is 10.0. The van der Waals surface area contributed by atoms with E-state index in [4.69, 9.17) is 9.84 Å². The SMILES string of the molecule is COC(=O)Cc1ccc(CCNC(=O)[C@H](CS)NC(=O)[C@H](CC(C)C)NC(=O)[C@H](CCC(=O)O)NC(=O)OCC(C)C)cc1. The summed E-state index contributed by atoms with van der Waals surface area (Å²) < 4.78 is 9.72. The second kappa shape index (κ2) is 20.2. The minimum absolute atomic E-state index is 0.00731. The lowest BCUT2D eigenvalue weighted by Crippen LogP contribution is -2.57. The third kappa shape index (κ3) is 15.6. The van der Waals surface area contributed by atoms with Crippen molar-refractivity contribution >= 4 is 48.4 Å². The lowest BCUT2D eigenvalue weighted by molar-refractivity contribution is -0.140. The molecule has 44 heavy (non-hydrogen) atoms. The third-order valence-corrected chi connectivity index (χ3v) is 6.64. The molecule has 246 valence electrons. The van der Waals surface area contributed by atoms with Crippen molar-refractivity contribution in [2.24, 2.45) is 11.8 Å². The number of rotatable bonds is 19. The first-order chi connectivity index (χ1) is 20.7. The molecule has 0 aromatic heterocycles. The molecule has 0 saturated heterocycles. The number of carbonyl (C=O) groups excluding carboxylic acids is 5. The summed E-state index contributed by atoms with van der Waals surface area (Å²) in [5.41, 5.74) is 1.74. The third-order valence-electron chi connectivity index (χ3n) is 6.27. The fraction of sp³-hybridized carbons (Fsp3) is 0.600. The molecule has 1 aromatic carbocycles. The minimum Gasteiger partial charge on any atom is -0.481 e. The summed E-state index contributed by atoms with van der Waals surface area (Å²) in [6.45, 7) is 7.76. The first-order valence-electron chi connectivity index (χ1n) is 14.5. The number of benzene rings is 1. The van der Waals surface area contributed by atoms with Crippen molar-refractivity contribution in [3.05, 3.63) is 35.4 Å². The molecular formula is C30H46N4O9S. The average molecular weight is 639 g/mol. The number of hydrogen-bond acceptors (Lipinski definition) is 9. The van der Waals surface area contributed by atoms with E-state index >= 15 is 0 Å². The van der Waals surface area contributed by atoms with Crippen molar-refractivity contribution in [3.8, 4) is 0 Å². The van der Waals surface area contributed by atoms with Crippen LogP contribution in [0.5, 0.6) is 0 Å². The Balaban J connectivity index is 2.82. The zero-order valence-electron chi connectivity index (χ0n) is 26.0. The molecule has 0 spiro atoms. The van der Waals surface area contributed by atoms with Gasteiger partial charge in [0.1, 0.15) is 18.1 Å². The van der Waals surface area contributed by atoms with E-state index in [1.807, 2.05) is 52.0 Å². The Hall–Kier alpha value is -3.81. The van der Waals surface area contributed by atoms with Crippen LogP contribution >= 0.6 is 12.6 Å². The zero-order chi connectivity index (χ0) is 33.2. The molecular weight excluding hydrogens is 592 g/mol. The number of alkyl carbamates (subject to hydrolysis) is 1. The molecule has 0 aliphatic heterocycles. The second-order valence-corrected chi connectivity index (χ2v) is 11.5. The molecule has 0 saturated carbocycles. The number of aliphatic carboxylic acids is 1. The number of carbonyl (C=O) groups is 6. The molecule has 0 fully saturated rings. The number of esters is 1. The highest BCUT2D eigenvalue weighted by Crippen LogP contribution is 2.09. The number of methoxy groups -OCH3 is 1. The fourth-order valence-electron chi connectivity index (χ4n) is 3.92. The number of hydrogen-bond donors (Lipinski definition) is 6. The molecule has 0 bridgehead atoms. The molecule has 0 heterocycles. The van der Waals surface area contributed by atoms with Gasteiger partial charge in [0.15, 0.2) is 0 Å². The Bertz CT molecular complexity index is 1110. The Morgan fingerprint density at radius 2 is 1.41 bits per heavy atom. The van der Waals surface area contributed by atoms with E-state index in [0.717, 1.165) is 11.1 Å². The molecule has 1 aromatic rings. The van der Waals surface area contributed by atoms with Gasteiger partial charge in [-0.05, 0) is 42.2 Å². The van der Waals surface area contributed by atoms with Gasteiger partial charge in [-0.2, -0.15) is 12.6 Å². The van der Waals surface area contributed by atoms with Crippen LogP contribution in [0.2, 0.25) is 0 Å². The highest BCUT2D eigenvalue weighted by atomic mass is 32.1. The molecule has 0 aliphatic rings. The van der Waals surface area contributed by atoms with Gasteiger partial charge >= 0.3 is 18.0 Å². The van der Waals surface area contributed by atoms with Gasteiger partial charge in [0, 0.05) is 18.7 Å². The van der Waals surface area contributed by atoms with Crippen molar-refractivity contribution in [1.82, 2.24) is 21.3 Å². The highest BCUT2D eigenvalue weighted by Gasteiger charge is 2.30. The summed E-state index contributed by atoms with van der Waals surface area (Å²) in [5.74, 6) is -3.32. The first-order valence-corrected chi connectivity index (χ1v) is 15.2. The van der Waals surface area contributed by atoms with Gasteiger partial charge in [0.25, 0.3) is 0 Å². The predicted octanol–water partition coefficient (Wildman–Crippen LogP) is 1.62. The number of carboxylic acid groups (broad SMARTS) is 1. The summed E-state index contributed by atoms with van der Waals surface area (Å²) in [7, 11) is 1.33. The van der Waals surface area contributed by atoms with Crippen LogP contribution in [-0.4, -0.2) is 85.0 Å². The number of thiol groups is 1. The minimum atomic E-state index is -1.26. The van der Waals surface area contributed by atoms with Crippen molar-refractivity contribution in [1.29, 1.82) is 0 Å². The Kier molecular flexibility index (Phi) is 17.5. The molecule has 4 amide bonds. The topological polar surface area (TPSA) is 189 Å². The number of carboxylic acids is 1. The monoisotopic (exact) mass is 638 g/mol. The standard InChI is InChI=1S/C30H46N4O9S/c1-18(2)14-23(32-28(39)22(10-11-25(35)36)34-30(41)43-16-19(3)4)29(40)33-24(17-44)27(38)31-13-12-20-6-8-21(9-7-20)15-26(37)42-5/h6-9,18-19,22-24,44H,10-17H2,1-5H3,(H,31,38)(H,32,39)(H,33,40)(H,34,41)(H,35,36)/t22-,23-,24-/m0/s1. The van der Waals surface area contributed by atoms with E-state index in [1.54, 1.807) is 0 Å². The number of amides is 4. The molecule has 0 aliphatic carbocycles. The maximum absolute atomic E-state index is 13.2. The lowest BCUT2D eigenvalue weighted by Gasteiger charge is -2.25. The Morgan fingerprint density at radius 1 is 0.818 bits per heavy atom. The Labute approximate surface area is 264 Å². The summed E-state index contributed by atoms with van der Waals surface area (Å²) in [6, 6.07) is 4.00. The van der Waals surface area contributed by atoms with E-state index in [1.165, 1.54) is 7.11 Å². The Morgan fingerprint density at radius 3 is 1.95 bits per heavy atom. The second-order valence-electron chi connectivity index (χ2n) is 11.2. The van der Waals surface area contributed by atoms with Gasteiger partial charge in [0.2, 0.25) is 17.7 Å². The maximum atomic E-state index is 13.2. The molecule has 0 unspecified atom stereocenters. The van der Waals surface area contributed by atoms with Crippen LogP contribution in [0.25, 0.3) is 0 Å². The quantitative estimate of drug-likeness (QED) is 0.0966.